The van der Waals surface area contributed by atoms with Crippen molar-refractivity contribution in [1.29, 1.82) is 0 Å². The molecule has 1 rings (SSSR count). The molecule has 1 saturated heterocycles. The number of carbonyl (C=O) groups is 1. The molecule has 1 unspecified atom stereocenters. The fourth-order valence-corrected chi connectivity index (χ4v) is 1.50. The molecule has 2 nitrogen and oxygen atoms in total. The third-order valence-corrected chi connectivity index (χ3v) is 2.09. The van der Waals surface area contributed by atoms with E-state index in [0.717, 1.165) is 18.9 Å². The molecule has 1 atom stereocenters. The maximum absolute atomic E-state index is 10.7. The van der Waals surface area contributed by atoms with Gasteiger partial charge in [-0.1, -0.05) is 13.8 Å². The number of hydrogen-bond acceptors (Lipinski definition) is 1. The highest BCUT2D eigenvalue weighted by molar-refractivity contribution is 7.60. The van der Waals surface area contributed by atoms with Crippen LogP contribution in [-0.4, -0.2) is 49.1 Å². The van der Waals surface area contributed by atoms with Gasteiger partial charge in [0.1, 0.15) is 0 Å². The van der Waals surface area contributed by atoms with Gasteiger partial charge in [-0.3, -0.25) is 4.79 Å². The highest BCUT2D eigenvalue weighted by Crippen LogP contribution is 2.17. The maximum atomic E-state index is 10.7. The zero-order chi connectivity index (χ0) is 11.8. The minimum absolute atomic E-state index is 0.227. The summed E-state index contributed by atoms with van der Waals surface area (Å²) in [4.78, 5) is 10.7. The van der Waals surface area contributed by atoms with Crippen LogP contribution in [0.15, 0.2) is 0 Å². The molecule has 15 heavy (non-hydrogen) atoms. The van der Waals surface area contributed by atoms with Gasteiger partial charge in [0.2, 0.25) is 5.91 Å². The average molecular weight is 195 g/mol. The molecule has 1 aliphatic heterocycles. The van der Waals surface area contributed by atoms with E-state index < -0.39 is 6.39 Å². The van der Waals surface area contributed by atoms with Crippen LogP contribution in [0, 0.1) is 11.8 Å². The third kappa shape index (κ3) is 8.77. The average Bonchev–Trinajstić information content (AvgIpc) is 2.51. The summed E-state index contributed by atoms with van der Waals surface area (Å²) in [5.41, 5.74) is 0. The second kappa shape index (κ2) is 8.01. The van der Waals surface area contributed by atoms with Crippen molar-refractivity contribution in [3.05, 3.63) is 0 Å². The van der Waals surface area contributed by atoms with E-state index in [0.29, 0.717) is 5.92 Å². The van der Waals surface area contributed by atoms with E-state index in [-0.39, 0.29) is 5.91 Å². The van der Waals surface area contributed by atoms with Crippen molar-refractivity contribution in [3.63, 3.8) is 0 Å². The quantitative estimate of drug-likeness (QED) is 0.591. The molecule has 1 aliphatic rings. The Morgan fingerprint density at radius 1 is 1.60 bits per heavy atom. The van der Waals surface area contributed by atoms with Gasteiger partial charge in [0.15, 0.2) is 0 Å². The van der Waals surface area contributed by atoms with E-state index in [2.05, 4.69) is 19.2 Å². The zero-order valence-electron chi connectivity index (χ0n) is 9.57. The van der Waals surface area contributed by atoms with Gasteiger partial charge in [0, 0.05) is 49.6 Å². The standard InChI is InChI=1S/C8H15NO.B5/c1-6(2)3-7-4-8(10)9-5-7;1-4-5(2)3/h6-7H,3-5H2,1-2H3,(H,9,10);. The molecular formula is C8H15B5NO. The lowest BCUT2D eigenvalue weighted by Gasteiger charge is -2.08. The lowest BCUT2D eigenvalue weighted by atomic mass is 8.97. The number of rotatable bonds is 3. The van der Waals surface area contributed by atoms with Crippen LogP contribution in [-0.2, 0) is 4.79 Å². The summed E-state index contributed by atoms with van der Waals surface area (Å²) in [6.45, 7) is 5.29. The van der Waals surface area contributed by atoms with Crippen molar-refractivity contribution >= 4 is 42.6 Å². The van der Waals surface area contributed by atoms with Crippen LogP contribution in [0.3, 0.4) is 0 Å². The summed E-state index contributed by atoms with van der Waals surface area (Å²) >= 11 is 0. The summed E-state index contributed by atoms with van der Waals surface area (Å²) in [6, 6.07) is 0. The van der Waals surface area contributed by atoms with Crippen molar-refractivity contribution in [1.82, 2.24) is 5.32 Å². The first kappa shape index (κ1) is 14.8. The van der Waals surface area contributed by atoms with Gasteiger partial charge in [-0.25, -0.2) is 0 Å². The molecule has 0 aromatic rings. The smallest absolute Gasteiger partial charge is 0.220 e. The molecule has 0 saturated carbocycles. The summed E-state index contributed by atoms with van der Waals surface area (Å²) < 4.78 is 0. The molecule has 0 aliphatic carbocycles. The van der Waals surface area contributed by atoms with Crippen LogP contribution >= 0.6 is 0 Å². The van der Waals surface area contributed by atoms with E-state index in [9.17, 15) is 4.79 Å². The second-order valence-corrected chi connectivity index (χ2v) is 4.27. The monoisotopic (exact) mass is 196 g/mol. The van der Waals surface area contributed by atoms with Crippen LogP contribution in [0.4, 0.5) is 0 Å². The Kier molecular flexibility index (Phi) is 7.90. The summed E-state index contributed by atoms with van der Waals surface area (Å²) in [5, 5.41) is 2.84. The van der Waals surface area contributed by atoms with E-state index >= 15 is 0 Å². The van der Waals surface area contributed by atoms with Gasteiger partial charge < -0.3 is 5.32 Å². The lowest BCUT2D eigenvalue weighted by molar-refractivity contribution is -0.119. The van der Waals surface area contributed by atoms with Crippen LogP contribution in [0.5, 0.6) is 0 Å². The molecular weight excluding hydrogens is 180 g/mol. The minimum Gasteiger partial charge on any atom is -0.356 e. The molecule has 7 heteroatoms. The number of nitrogens with one attached hydrogen (secondary N) is 1. The molecule has 7 radical (unpaired) electrons. The van der Waals surface area contributed by atoms with Crippen LogP contribution in [0.1, 0.15) is 26.7 Å². The Balaban J connectivity index is 0.000000336. The Hall–Kier alpha value is -0.205. The molecule has 0 spiro atoms. The summed E-state index contributed by atoms with van der Waals surface area (Å²) in [6.07, 6.45) is 1.46. The minimum atomic E-state index is -0.463. The first-order valence-electron chi connectivity index (χ1n) is 5.28. The van der Waals surface area contributed by atoms with Crippen molar-refractivity contribution in [3.8, 4) is 0 Å². The predicted molar refractivity (Wildman–Crippen MR) is 69.3 cm³/mol. The Bertz CT molecular complexity index is 188. The molecule has 0 aromatic carbocycles. The molecule has 1 heterocycles. The number of hydrogen-bond donors (Lipinski definition) is 1. The fraction of sp³-hybridized carbons (Fsp3) is 0.875. The van der Waals surface area contributed by atoms with E-state index in [1.807, 2.05) is 0 Å². The van der Waals surface area contributed by atoms with Gasteiger partial charge in [0.25, 0.3) is 0 Å². The van der Waals surface area contributed by atoms with Gasteiger partial charge in [-0.15, -0.1) is 0 Å². The molecule has 1 fully saturated rings. The van der Waals surface area contributed by atoms with Crippen LogP contribution < -0.4 is 5.32 Å². The molecule has 73 valence electrons. The van der Waals surface area contributed by atoms with E-state index in [1.165, 1.54) is 13.5 Å². The highest BCUT2D eigenvalue weighted by Gasteiger charge is 2.21. The Labute approximate surface area is 98.2 Å². The topological polar surface area (TPSA) is 29.1 Å². The lowest BCUT2D eigenvalue weighted by Crippen LogP contribution is -2.23. The van der Waals surface area contributed by atoms with Crippen LogP contribution in [0.2, 0.25) is 0 Å². The van der Waals surface area contributed by atoms with E-state index in [1.54, 1.807) is 0 Å². The zero-order valence-corrected chi connectivity index (χ0v) is 9.57. The summed E-state index contributed by atoms with van der Waals surface area (Å²) in [7, 11) is 15.8. The van der Waals surface area contributed by atoms with Gasteiger partial charge in [-0.05, 0) is 18.3 Å². The molecule has 1 N–H and O–H groups in total. The van der Waals surface area contributed by atoms with Gasteiger partial charge >= 0.3 is 0 Å². The molecule has 0 bridgehead atoms. The number of carbonyl (C=O) groups excluding carboxylic acids is 1. The normalized spacial score (nSPS) is 19.1. The van der Waals surface area contributed by atoms with Crippen molar-refractivity contribution < 1.29 is 4.79 Å². The van der Waals surface area contributed by atoms with Gasteiger partial charge in [-0.2, -0.15) is 0 Å². The van der Waals surface area contributed by atoms with Crippen molar-refractivity contribution in [2.24, 2.45) is 11.8 Å². The first-order chi connectivity index (χ1) is 6.95. The van der Waals surface area contributed by atoms with E-state index in [4.69, 9.17) is 23.2 Å². The van der Waals surface area contributed by atoms with Crippen molar-refractivity contribution in [2.75, 3.05) is 6.54 Å². The Morgan fingerprint density at radius 3 is 2.40 bits per heavy atom. The predicted octanol–water partition coefficient (Wildman–Crippen LogP) is -0.735. The SMILES string of the molecule is CC(C)CC1CNC(=O)C1.[B][B]B([B])[B]. The first-order valence-corrected chi connectivity index (χ1v) is 5.28. The Morgan fingerprint density at radius 2 is 2.13 bits per heavy atom. The fourth-order valence-electron chi connectivity index (χ4n) is 1.50. The number of amides is 1. The molecule has 0 aromatic heterocycles. The third-order valence-electron chi connectivity index (χ3n) is 2.09. The van der Waals surface area contributed by atoms with Crippen molar-refractivity contribution in [2.45, 2.75) is 26.7 Å². The second-order valence-electron chi connectivity index (χ2n) is 4.27. The van der Waals surface area contributed by atoms with Gasteiger partial charge in [0.05, 0.1) is 0 Å². The maximum Gasteiger partial charge on any atom is 0.220 e. The van der Waals surface area contributed by atoms with Crippen LogP contribution in [0.25, 0.3) is 0 Å². The largest absolute Gasteiger partial charge is 0.356 e. The summed E-state index contributed by atoms with van der Waals surface area (Å²) in [5.74, 6) is 1.55. The highest BCUT2D eigenvalue weighted by atomic mass is 16.1. The molecule has 1 amide bonds.